The standard InChI is InChI=1S/C15H17N7O2.C5H12N2/c1-7(23)6-24-9-4-2-8(3-5-9)10-12(16)20-14-11(19-10)13(17)21-15(18)22-14;1-5-4-6-2-3-7-5/h2-5,7,23H,6H2,1H3,(H6,16,17,18,20,21,22);5-7H,2-4H2,1H3. The maximum Gasteiger partial charge on any atom is 0.224 e. The lowest BCUT2D eigenvalue weighted by atomic mass is 10.1. The second kappa shape index (κ2) is 10.2. The van der Waals surface area contributed by atoms with Crippen molar-refractivity contribution >= 4 is 28.7 Å². The van der Waals surface area contributed by atoms with Gasteiger partial charge in [-0.2, -0.15) is 9.97 Å². The lowest BCUT2D eigenvalue weighted by Gasteiger charge is -2.19. The summed E-state index contributed by atoms with van der Waals surface area (Å²) in [5, 5.41) is 15.8. The smallest absolute Gasteiger partial charge is 0.224 e. The van der Waals surface area contributed by atoms with Gasteiger partial charge in [0.25, 0.3) is 0 Å². The predicted octanol–water partition coefficient (Wildman–Crippen LogP) is 0.161. The molecule has 1 aromatic carbocycles. The van der Waals surface area contributed by atoms with Crippen molar-refractivity contribution in [1.82, 2.24) is 30.6 Å². The molecule has 0 bridgehead atoms. The van der Waals surface area contributed by atoms with E-state index < -0.39 is 6.10 Å². The summed E-state index contributed by atoms with van der Waals surface area (Å²) in [4.78, 5) is 16.5. The van der Waals surface area contributed by atoms with Gasteiger partial charge in [0.05, 0.1) is 6.10 Å². The van der Waals surface area contributed by atoms with E-state index in [1.807, 2.05) is 0 Å². The van der Waals surface area contributed by atoms with Crippen LogP contribution in [-0.2, 0) is 0 Å². The summed E-state index contributed by atoms with van der Waals surface area (Å²) in [6.07, 6.45) is -0.540. The zero-order valence-corrected chi connectivity index (χ0v) is 17.7. The molecule has 9 N–H and O–H groups in total. The second-order valence-electron chi connectivity index (χ2n) is 7.34. The summed E-state index contributed by atoms with van der Waals surface area (Å²) in [7, 11) is 0. The number of anilines is 3. The van der Waals surface area contributed by atoms with Crippen LogP contribution >= 0.6 is 0 Å². The first kappa shape index (κ1) is 22.4. The normalized spacial score (nSPS) is 16.9. The lowest BCUT2D eigenvalue weighted by molar-refractivity contribution is 0.123. The van der Waals surface area contributed by atoms with E-state index in [9.17, 15) is 5.11 Å². The lowest BCUT2D eigenvalue weighted by Crippen LogP contribution is -2.46. The van der Waals surface area contributed by atoms with Gasteiger partial charge >= 0.3 is 0 Å². The molecule has 1 saturated heterocycles. The van der Waals surface area contributed by atoms with E-state index in [1.165, 1.54) is 0 Å². The molecule has 0 amide bonds. The van der Waals surface area contributed by atoms with Gasteiger partial charge in [0.2, 0.25) is 5.95 Å². The Morgan fingerprint density at radius 3 is 2.39 bits per heavy atom. The van der Waals surface area contributed by atoms with Crippen LogP contribution in [0.25, 0.3) is 22.4 Å². The van der Waals surface area contributed by atoms with Gasteiger partial charge in [-0.1, -0.05) is 0 Å². The fourth-order valence-corrected chi connectivity index (χ4v) is 2.93. The van der Waals surface area contributed by atoms with E-state index in [0.717, 1.165) is 25.2 Å². The number of nitrogens with zero attached hydrogens (tertiary/aromatic N) is 4. The van der Waals surface area contributed by atoms with Gasteiger partial charge < -0.3 is 37.7 Å². The van der Waals surface area contributed by atoms with Crippen LogP contribution in [0, 0.1) is 0 Å². The number of nitrogens with two attached hydrogens (primary N) is 3. The molecule has 1 aliphatic rings. The number of aromatic nitrogens is 4. The van der Waals surface area contributed by atoms with Crippen molar-refractivity contribution in [2.75, 3.05) is 43.4 Å². The number of benzene rings is 1. The van der Waals surface area contributed by atoms with E-state index in [4.69, 9.17) is 21.9 Å². The van der Waals surface area contributed by atoms with Gasteiger partial charge in [0.15, 0.2) is 22.8 Å². The maximum absolute atomic E-state index is 9.24. The first-order valence-corrected chi connectivity index (χ1v) is 10.0. The number of aliphatic hydroxyl groups is 1. The monoisotopic (exact) mass is 427 g/mol. The number of hydrogen-bond donors (Lipinski definition) is 6. The molecule has 3 heterocycles. The van der Waals surface area contributed by atoms with Crippen LogP contribution in [0.3, 0.4) is 0 Å². The van der Waals surface area contributed by atoms with Gasteiger partial charge in [0, 0.05) is 31.2 Å². The van der Waals surface area contributed by atoms with Crippen LogP contribution in [0.4, 0.5) is 17.6 Å². The fraction of sp³-hybridized carbons (Fsp3) is 0.400. The van der Waals surface area contributed by atoms with E-state index in [1.54, 1.807) is 31.2 Å². The Morgan fingerprint density at radius 2 is 1.81 bits per heavy atom. The van der Waals surface area contributed by atoms with Gasteiger partial charge in [-0.3, -0.25) is 0 Å². The molecular formula is C20H29N9O2. The minimum absolute atomic E-state index is 0.0149. The van der Waals surface area contributed by atoms with Crippen molar-refractivity contribution in [2.45, 2.75) is 26.0 Å². The van der Waals surface area contributed by atoms with Gasteiger partial charge in [0.1, 0.15) is 18.1 Å². The van der Waals surface area contributed by atoms with Crippen molar-refractivity contribution in [1.29, 1.82) is 0 Å². The first-order valence-electron chi connectivity index (χ1n) is 10.0. The Labute approximate surface area is 180 Å². The summed E-state index contributed by atoms with van der Waals surface area (Å²) in [6.45, 7) is 7.43. The van der Waals surface area contributed by atoms with Gasteiger partial charge in [-0.25, -0.2) is 9.97 Å². The highest BCUT2D eigenvalue weighted by Gasteiger charge is 2.13. The summed E-state index contributed by atoms with van der Waals surface area (Å²) < 4.78 is 5.42. The minimum Gasteiger partial charge on any atom is -0.491 e. The number of nitrogens with one attached hydrogen (secondary N) is 2. The first-order chi connectivity index (χ1) is 14.8. The minimum atomic E-state index is -0.540. The molecule has 0 radical (unpaired) electrons. The van der Waals surface area contributed by atoms with E-state index >= 15 is 0 Å². The number of ether oxygens (including phenoxy) is 1. The fourth-order valence-electron chi connectivity index (χ4n) is 2.93. The average molecular weight is 428 g/mol. The zero-order valence-electron chi connectivity index (χ0n) is 17.7. The molecule has 2 atom stereocenters. The summed E-state index contributed by atoms with van der Waals surface area (Å²) >= 11 is 0. The highest BCUT2D eigenvalue weighted by Crippen LogP contribution is 2.27. The molecule has 3 aromatic rings. The van der Waals surface area contributed by atoms with Crippen molar-refractivity contribution in [3.63, 3.8) is 0 Å². The molecule has 4 rings (SSSR count). The Hall–Kier alpha value is -3.28. The van der Waals surface area contributed by atoms with Crippen molar-refractivity contribution in [2.24, 2.45) is 0 Å². The summed E-state index contributed by atoms with van der Waals surface area (Å²) in [6, 6.07) is 7.77. The molecule has 1 aliphatic heterocycles. The molecule has 11 nitrogen and oxygen atoms in total. The van der Waals surface area contributed by atoms with Gasteiger partial charge in [-0.15, -0.1) is 0 Å². The molecular weight excluding hydrogens is 398 g/mol. The van der Waals surface area contributed by atoms with Crippen molar-refractivity contribution in [3.8, 4) is 17.0 Å². The van der Waals surface area contributed by atoms with Crippen LogP contribution < -0.4 is 32.6 Å². The third-order valence-corrected chi connectivity index (χ3v) is 4.47. The number of hydrogen-bond acceptors (Lipinski definition) is 11. The van der Waals surface area contributed by atoms with Crippen LogP contribution in [0.15, 0.2) is 24.3 Å². The van der Waals surface area contributed by atoms with Crippen LogP contribution in [0.5, 0.6) is 5.75 Å². The number of aliphatic hydroxyl groups excluding tert-OH is 1. The van der Waals surface area contributed by atoms with Crippen LogP contribution in [-0.4, -0.2) is 63.4 Å². The quantitative estimate of drug-likeness (QED) is 0.333. The number of fused-ring (bicyclic) bond motifs is 1. The van der Waals surface area contributed by atoms with Crippen LogP contribution in [0.1, 0.15) is 13.8 Å². The van der Waals surface area contributed by atoms with E-state index in [0.29, 0.717) is 23.0 Å². The number of nitrogen functional groups attached to an aromatic ring is 3. The van der Waals surface area contributed by atoms with E-state index in [-0.39, 0.29) is 29.8 Å². The van der Waals surface area contributed by atoms with E-state index in [2.05, 4.69) is 37.5 Å². The number of piperazine rings is 1. The highest BCUT2D eigenvalue weighted by atomic mass is 16.5. The Bertz CT molecular complexity index is 1010. The second-order valence-corrected chi connectivity index (χ2v) is 7.34. The van der Waals surface area contributed by atoms with Crippen molar-refractivity contribution < 1.29 is 9.84 Å². The topological polar surface area (TPSA) is 183 Å². The Morgan fingerprint density at radius 1 is 1.06 bits per heavy atom. The predicted molar refractivity (Wildman–Crippen MR) is 121 cm³/mol. The third kappa shape index (κ3) is 6.10. The maximum atomic E-state index is 9.24. The molecule has 166 valence electrons. The molecule has 0 saturated carbocycles. The largest absolute Gasteiger partial charge is 0.491 e. The Kier molecular flexibility index (Phi) is 7.34. The zero-order chi connectivity index (χ0) is 22.4. The Balaban J connectivity index is 0.000000330. The van der Waals surface area contributed by atoms with Crippen molar-refractivity contribution in [3.05, 3.63) is 24.3 Å². The number of rotatable bonds is 4. The molecule has 31 heavy (non-hydrogen) atoms. The molecule has 11 heteroatoms. The highest BCUT2D eigenvalue weighted by molar-refractivity contribution is 5.87. The third-order valence-electron chi connectivity index (χ3n) is 4.47. The SMILES string of the molecule is CC(O)COc1ccc(-c2nc3c(N)nc(N)nc3nc2N)cc1.CC1CNCCN1. The molecule has 2 aromatic heterocycles. The molecule has 2 unspecified atom stereocenters. The van der Waals surface area contributed by atoms with Crippen LogP contribution in [0.2, 0.25) is 0 Å². The molecule has 1 fully saturated rings. The molecule has 0 spiro atoms. The molecule has 0 aliphatic carbocycles. The van der Waals surface area contributed by atoms with Gasteiger partial charge in [-0.05, 0) is 38.1 Å². The summed E-state index contributed by atoms with van der Waals surface area (Å²) in [5.74, 6) is 0.990. The average Bonchev–Trinajstić information content (AvgIpc) is 2.73. The summed E-state index contributed by atoms with van der Waals surface area (Å²) in [5.41, 5.74) is 19.1.